The van der Waals surface area contributed by atoms with Crippen LogP contribution < -0.4 is 4.74 Å². The lowest BCUT2D eigenvalue weighted by molar-refractivity contribution is -0.124. The standard InChI is InChI=1S/C33H29FN2O2S/c34-28-17-9-10-18-29(28)35-33-36(25-14-5-2-6-15-25)32(37)31(39-33)21-27-26-16-8-7-13-24(26)19-20-30(27)38-22-23-11-3-1-4-12-23/h1,3-4,7-13,16-21,25H,2,5-6,14-15,22H2/b31-21-,35-33?. The first-order valence-corrected chi connectivity index (χ1v) is 14.2. The van der Waals surface area contributed by atoms with E-state index in [1.165, 1.54) is 24.2 Å². The number of amidine groups is 1. The number of carbonyl (C=O) groups excluding carboxylic acids is 1. The van der Waals surface area contributed by atoms with Crippen molar-refractivity contribution in [2.45, 2.75) is 44.8 Å². The molecule has 6 heteroatoms. The first-order valence-electron chi connectivity index (χ1n) is 13.4. The molecule has 0 N–H and O–H groups in total. The predicted octanol–water partition coefficient (Wildman–Crippen LogP) is 8.49. The maximum Gasteiger partial charge on any atom is 0.267 e. The van der Waals surface area contributed by atoms with Crippen LogP contribution in [0.4, 0.5) is 10.1 Å². The summed E-state index contributed by atoms with van der Waals surface area (Å²) in [6.45, 7) is 0.421. The zero-order valence-electron chi connectivity index (χ0n) is 21.6. The van der Waals surface area contributed by atoms with E-state index in [0.29, 0.717) is 22.4 Å². The van der Waals surface area contributed by atoms with Crippen LogP contribution in [0.3, 0.4) is 0 Å². The van der Waals surface area contributed by atoms with Gasteiger partial charge in [-0.15, -0.1) is 0 Å². The number of amides is 1. The third-order valence-corrected chi connectivity index (χ3v) is 8.27. The molecule has 1 aliphatic carbocycles. The second kappa shape index (κ2) is 11.5. The topological polar surface area (TPSA) is 41.9 Å². The number of carbonyl (C=O) groups is 1. The van der Waals surface area contributed by atoms with Crippen LogP contribution in [-0.2, 0) is 11.4 Å². The average molecular weight is 537 g/mol. The van der Waals surface area contributed by atoms with Crippen molar-refractivity contribution in [3.63, 3.8) is 0 Å². The summed E-state index contributed by atoms with van der Waals surface area (Å²) in [6, 6.07) is 28.7. The van der Waals surface area contributed by atoms with E-state index in [4.69, 9.17) is 4.74 Å². The Bertz CT molecular complexity index is 1560. The largest absolute Gasteiger partial charge is 0.488 e. The van der Waals surface area contributed by atoms with Crippen LogP contribution >= 0.6 is 11.8 Å². The van der Waals surface area contributed by atoms with Gasteiger partial charge >= 0.3 is 0 Å². The molecule has 4 aromatic rings. The lowest BCUT2D eigenvalue weighted by atomic mass is 9.94. The number of fused-ring (bicyclic) bond motifs is 1. The minimum absolute atomic E-state index is 0.0662. The molecule has 2 aliphatic rings. The Balaban J connectivity index is 1.41. The maximum atomic E-state index is 14.6. The van der Waals surface area contributed by atoms with Gasteiger partial charge in [-0.3, -0.25) is 9.69 Å². The fourth-order valence-electron chi connectivity index (χ4n) is 5.29. The number of hydrogen-bond donors (Lipinski definition) is 0. The fourth-order valence-corrected chi connectivity index (χ4v) is 6.32. The maximum absolute atomic E-state index is 14.6. The Kier molecular flexibility index (Phi) is 7.46. The third-order valence-electron chi connectivity index (χ3n) is 7.29. The molecule has 2 fully saturated rings. The molecule has 1 aliphatic heterocycles. The number of ether oxygens (including phenoxy) is 1. The van der Waals surface area contributed by atoms with E-state index in [2.05, 4.69) is 17.1 Å². The van der Waals surface area contributed by atoms with Crippen molar-refractivity contribution < 1.29 is 13.9 Å². The van der Waals surface area contributed by atoms with Crippen molar-refractivity contribution in [3.05, 3.63) is 113 Å². The van der Waals surface area contributed by atoms with Crippen LogP contribution in [0.1, 0.15) is 43.2 Å². The van der Waals surface area contributed by atoms with Gasteiger partial charge in [0.15, 0.2) is 5.17 Å². The van der Waals surface area contributed by atoms with E-state index >= 15 is 0 Å². The number of aliphatic imine (C=N–C) groups is 1. The second-order valence-corrected chi connectivity index (χ2v) is 10.9. The normalized spacial score (nSPS) is 18.4. The summed E-state index contributed by atoms with van der Waals surface area (Å²) in [5.74, 6) is 0.232. The van der Waals surface area contributed by atoms with E-state index in [-0.39, 0.29) is 17.6 Å². The van der Waals surface area contributed by atoms with Gasteiger partial charge < -0.3 is 4.74 Å². The van der Waals surface area contributed by atoms with Crippen LogP contribution in [0.2, 0.25) is 0 Å². The van der Waals surface area contributed by atoms with E-state index < -0.39 is 5.82 Å². The quantitative estimate of drug-likeness (QED) is 0.232. The average Bonchev–Trinajstić information content (AvgIpc) is 3.28. The highest BCUT2D eigenvalue weighted by atomic mass is 32.2. The van der Waals surface area contributed by atoms with Gasteiger partial charge in [0.05, 0.1) is 4.91 Å². The zero-order chi connectivity index (χ0) is 26.6. The van der Waals surface area contributed by atoms with Gasteiger partial charge in [0, 0.05) is 11.6 Å². The summed E-state index contributed by atoms with van der Waals surface area (Å²) in [6.07, 6.45) is 7.10. The van der Waals surface area contributed by atoms with Crippen LogP contribution in [0.5, 0.6) is 5.75 Å². The van der Waals surface area contributed by atoms with Gasteiger partial charge in [0.1, 0.15) is 23.9 Å². The van der Waals surface area contributed by atoms with Crippen molar-refractivity contribution in [3.8, 4) is 5.75 Å². The molecule has 1 amide bonds. The zero-order valence-corrected chi connectivity index (χ0v) is 22.4. The molecule has 4 nitrogen and oxygen atoms in total. The highest BCUT2D eigenvalue weighted by molar-refractivity contribution is 8.18. The van der Waals surface area contributed by atoms with Crippen molar-refractivity contribution in [2.24, 2.45) is 4.99 Å². The van der Waals surface area contributed by atoms with E-state index in [1.807, 2.05) is 60.7 Å². The van der Waals surface area contributed by atoms with Crippen molar-refractivity contribution in [1.29, 1.82) is 0 Å². The molecule has 196 valence electrons. The highest BCUT2D eigenvalue weighted by Crippen LogP contribution is 2.41. The Morgan fingerprint density at radius 3 is 2.46 bits per heavy atom. The molecule has 1 heterocycles. The van der Waals surface area contributed by atoms with Crippen LogP contribution in [0.25, 0.3) is 16.8 Å². The minimum Gasteiger partial charge on any atom is -0.488 e. The molecular formula is C33H29FN2O2S. The molecular weight excluding hydrogens is 507 g/mol. The van der Waals surface area contributed by atoms with E-state index in [1.54, 1.807) is 23.1 Å². The SMILES string of the molecule is O=C1/C(=C/c2c(OCc3ccccc3)ccc3ccccc23)SC(=Nc2ccccc2F)N1C1CCCCC1. The van der Waals surface area contributed by atoms with Gasteiger partial charge in [0.25, 0.3) is 5.91 Å². The molecule has 0 atom stereocenters. The number of benzene rings is 4. The Morgan fingerprint density at radius 2 is 1.64 bits per heavy atom. The van der Waals surface area contributed by atoms with Crippen LogP contribution in [0, 0.1) is 5.82 Å². The molecule has 0 aromatic heterocycles. The summed E-state index contributed by atoms with van der Waals surface area (Å²) in [5.41, 5.74) is 2.17. The van der Waals surface area contributed by atoms with E-state index in [0.717, 1.165) is 47.6 Å². The Labute approximate surface area is 232 Å². The number of thioether (sulfide) groups is 1. The summed E-state index contributed by atoms with van der Waals surface area (Å²) < 4.78 is 20.9. The second-order valence-electron chi connectivity index (χ2n) is 9.90. The van der Waals surface area contributed by atoms with Crippen molar-refractivity contribution >= 4 is 45.4 Å². The van der Waals surface area contributed by atoms with Gasteiger partial charge in [-0.25, -0.2) is 9.38 Å². The third kappa shape index (κ3) is 5.48. The lowest BCUT2D eigenvalue weighted by Crippen LogP contribution is -2.40. The fraction of sp³-hybridized carbons (Fsp3) is 0.212. The first kappa shape index (κ1) is 25.4. The lowest BCUT2D eigenvalue weighted by Gasteiger charge is -2.30. The molecule has 39 heavy (non-hydrogen) atoms. The number of nitrogens with zero attached hydrogens (tertiary/aromatic N) is 2. The number of rotatable bonds is 6. The smallest absolute Gasteiger partial charge is 0.267 e. The summed E-state index contributed by atoms with van der Waals surface area (Å²) >= 11 is 1.32. The summed E-state index contributed by atoms with van der Waals surface area (Å²) in [4.78, 5) is 21.0. The summed E-state index contributed by atoms with van der Waals surface area (Å²) in [7, 11) is 0. The number of halogens is 1. The number of hydrogen-bond acceptors (Lipinski definition) is 4. The van der Waals surface area contributed by atoms with E-state index in [9.17, 15) is 9.18 Å². The Morgan fingerprint density at radius 1 is 0.897 bits per heavy atom. The molecule has 4 aromatic carbocycles. The molecule has 1 saturated carbocycles. The van der Waals surface area contributed by atoms with Crippen molar-refractivity contribution in [2.75, 3.05) is 0 Å². The highest BCUT2D eigenvalue weighted by Gasteiger charge is 2.39. The van der Waals surface area contributed by atoms with Gasteiger partial charge in [-0.2, -0.15) is 0 Å². The predicted molar refractivity (Wildman–Crippen MR) is 158 cm³/mol. The molecule has 0 radical (unpaired) electrons. The summed E-state index contributed by atoms with van der Waals surface area (Å²) in [5, 5.41) is 2.61. The molecule has 6 rings (SSSR count). The van der Waals surface area contributed by atoms with Crippen LogP contribution in [-0.4, -0.2) is 22.0 Å². The molecule has 1 saturated heterocycles. The number of para-hydroxylation sites is 1. The van der Waals surface area contributed by atoms with Crippen LogP contribution in [0.15, 0.2) is 101 Å². The molecule has 0 bridgehead atoms. The first-order chi connectivity index (χ1) is 19.2. The van der Waals surface area contributed by atoms with Gasteiger partial charge in [-0.1, -0.05) is 92.1 Å². The molecule has 0 spiro atoms. The van der Waals surface area contributed by atoms with Gasteiger partial charge in [0.2, 0.25) is 0 Å². The minimum atomic E-state index is -0.398. The van der Waals surface area contributed by atoms with Gasteiger partial charge in [-0.05, 0) is 65.2 Å². The van der Waals surface area contributed by atoms with Crippen molar-refractivity contribution in [1.82, 2.24) is 4.90 Å². The Hall–Kier alpha value is -3.90. The monoisotopic (exact) mass is 536 g/mol. The molecule has 0 unspecified atom stereocenters.